The Hall–Kier alpha value is -3.41. The zero-order chi connectivity index (χ0) is 17.2. The Morgan fingerprint density at radius 3 is 2.80 bits per heavy atom. The summed E-state index contributed by atoms with van der Waals surface area (Å²) in [7, 11) is 0. The summed E-state index contributed by atoms with van der Waals surface area (Å²) in [5.74, 6) is 0.872. The third kappa shape index (κ3) is 2.89. The Balaban J connectivity index is 1.64. The minimum Gasteiger partial charge on any atom is -0.487 e. The van der Waals surface area contributed by atoms with E-state index in [-0.39, 0.29) is 5.78 Å². The number of carbonyl (C=O) groups excluding carboxylic acids is 1. The smallest absolute Gasteiger partial charge is 0.228 e. The van der Waals surface area contributed by atoms with Crippen LogP contribution in [0.5, 0.6) is 5.75 Å². The third-order valence-electron chi connectivity index (χ3n) is 4.00. The van der Waals surface area contributed by atoms with E-state index >= 15 is 0 Å². The number of aromatic amines is 1. The number of hydrogen-bond acceptors (Lipinski definition) is 5. The van der Waals surface area contributed by atoms with Crippen molar-refractivity contribution in [3.63, 3.8) is 0 Å². The van der Waals surface area contributed by atoms with E-state index in [0.29, 0.717) is 35.0 Å². The van der Waals surface area contributed by atoms with Gasteiger partial charge in [0.05, 0.1) is 6.20 Å². The number of hydrogen-bond donors (Lipinski definition) is 1. The highest BCUT2D eigenvalue weighted by Gasteiger charge is 2.19. The molecule has 2 aromatic heterocycles. The van der Waals surface area contributed by atoms with Gasteiger partial charge >= 0.3 is 0 Å². The van der Waals surface area contributed by atoms with E-state index in [1.165, 1.54) is 0 Å². The number of aromatic nitrogens is 3. The van der Waals surface area contributed by atoms with E-state index < -0.39 is 0 Å². The van der Waals surface area contributed by atoms with Crippen molar-refractivity contribution >= 4 is 16.8 Å². The molecule has 0 spiro atoms. The van der Waals surface area contributed by atoms with Gasteiger partial charge in [-0.25, -0.2) is 0 Å². The van der Waals surface area contributed by atoms with Crippen LogP contribution < -0.4 is 4.74 Å². The molecule has 4 rings (SSSR count). The van der Waals surface area contributed by atoms with Crippen LogP contribution in [0.25, 0.3) is 11.0 Å². The average molecular weight is 333 g/mol. The van der Waals surface area contributed by atoms with Gasteiger partial charge in [-0.1, -0.05) is 30.3 Å². The minimum atomic E-state index is -0.126. The molecule has 0 saturated heterocycles. The van der Waals surface area contributed by atoms with E-state index in [0.717, 1.165) is 10.9 Å². The first-order valence-corrected chi connectivity index (χ1v) is 7.83. The van der Waals surface area contributed by atoms with Crippen LogP contribution in [-0.4, -0.2) is 21.2 Å². The number of rotatable bonds is 5. The second-order valence-corrected chi connectivity index (χ2v) is 5.66. The largest absolute Gasteiger partial charge is 0.487 e. The van der Waals surface area contributed by atoms with Crippen molar-refractivity contribution < 1.29 is 13.9 Å². The van der Waals surface area contributed by atoms with Crippen molar-refractivity contribution in [2.24, 2.45) is 0 Å². The van der Waals surface area contributed by atoms with Gasteiger partial charge in [0, 0.05) is 22.6 Å². The fraction of sp³-hybridized carbons (Fsp3) is 0.105. The van der Waals surface area contributed by atoms with Crippen molar-refractivity contribution in [2.75, 3.05) is 0 Å². The lowest BCUT2D eigenvalue weighted by Gasteiger charge is -2.03. The van der Waals surface area contributed by atoms with Crippen molar-refractivity contribution in [3.05, 3.63) is 77.3 Å². The first-order valence-electron chi connectivity index (χ1n) is 7.83. The van der Waals surface area contributed by atoms with Crippen molar-refractivity contribution in [2.45, 2.75) is 13.5 Å². The topological polar surface area (TPSA) is 81.0 Å². The lowest BCUT2D eigenvalue weighted by Crippen LogP contribution is -2.00. The van der Waals surface area contributed by atoms with Crippen LogP contribution in [0.4, 0.5) is 0 Å². The molecule has 124 valence electrons. The second kappa shape index (κ2) is 6.24. The monoisotopic (exact) mass is 333 g/mol. The standard InChI is InChI=1S/C19H15N3O3/c1-12-16-8-7-15(24-11-14-10-20-22-21-14)9-17(16)25-19(12)18(23)13-5-3-2-4-6-13/h2-10H,11H2,1H3,(H,20,21,22). The van der Waals surface area contributed by atoms with Gasteiger partial charge in [-0.2, -0.15) is 15.4 Å². The van der Waals surface area contributed by atoms with Gasteiger partial charge in [0.1, 0.15) is 23.6 Å². The van der Waals surface area contributed by atoms with E-state index in [4.69, 9.17) is 9.15 Å². The summed E-state index contributed by atoms with van der Waals surface area (Å²) in [6.45, 7) is 2.19. The third-order valence-corrected chi connectivity index (χ3v) is 4.00. The van der Waals surface area contributed by atoms with E-state index in [2.05, 4.69) is 15.4 Å². The van der Waals surface area contributed by atoms with Gasteiger partial charge in [0.15, 0.2) is 5.76 Å². The molecule has 6 heteroatoms. The molecule has 0 aliphatic heterocycles. The number of ether oxygens (including phenoxy) is 1. The molecule has 25 heavy (non-hydrogen) atoms. The number of fused-ring (bicyclic) bond motifs is 1. The molecule has 2 aromatic carbocycles. The van der Waals surface area contributed by atoms with Crippen molar-refractivity contribution in [1.29, 1.82) is 0 Å². The normalized spacial score (nSPS) is 10.9. The summed E-state index contributed by atoms with van der Waals surface area (Å²) < 4.78 is 11.5. The molecule has 0 saturated carbocycles. The summed E-state index contributed by atoms with van der Waals surface area (Å²) in [4.78, 5) is 12.7. The average Bonchev–Trinajstić information content (AvgIpc) is 3.28. The number of ketones is 1. The number of furan rings is 1. The highest BCUT2D eigenvalue weighted by atomic mass is 16.5. The van der Waals surface area contributed by atoms with Crippen LogP contribution in [-0.2, 0) is 6.61 Å². The predicted octanol–water partition coefficient (Wildman–Crippen LogP) is 3.67. The summed E-state index contributed by atoms with van der Waals surface area (Å²) in [6, 6.07) is 14.6. The van der Waals surface area contributed by atoms with Gasteiger partial charge in [-0.15, -0.1) is 0 Å². The molecule has 4 aromatic rings. The molecule has 0 unspecified atom stereocenters. The number of nitrogens with one attached hydrogen (secondary N) is 1. The Morgan fingerprint density at radius 1 is 1.20 bits per heavy atom. The summed E-state index contributed by atoms with van der Waals surface area (Å²) in [5, 5.41) is 11.1. The number of benzene rings is 2. The highest BCUT2D eigenvalue weighted by molar-refractivity contribution is 6.10. The van der Waals surface area contributed by atoms with Gasteiger partial charge in [-0.05, 0) is 19.1 Å². The van der Waals surface area contributed by atoms with Crippen LogP contribution in [0.2, 0.25) is 0 Å². The van der Waals surface area contributed by atoms with Crippen LogP contribution in [0.15, 0.2) is 59.1 Å². The zero-order valence-electron chi connectivity index (χ0n) is 13.5. The van der Waals surface area contributed by atoms with Gasteiger partial charge in [0.25, 0.3) is 0 Å². The SMILES string of the molecule is Cc1c(C(=O)c2ccccc2)oc2cc(OCc3cn[nH]n3)ccc12. The van der Waals surface area contributed by atoms with Crippen molar-refractivity contribution in [1.82, 2.24) is 15.4 Å². The molecule has 1 N–H and O–H groups in total. The van der Waals surface area contributed by atoms with Crippen LogP contribution in [0.3, 0.4) is 0 Å². The number of aryl methyl sites for hydroxylation is 1. The molecule has 0 radical (unpaired) electrons. The quantitative estimate of drug-likeness (QED) is 0.564. The first kappa shape index (κ1) is 15.1. The second-order valence-electron chi connectivity index (χ2n) is 5.66. The van der Waals surface area contributed by atoms with Crippen molar-refractivity contribution in [3.8, 4) is 5.75 Å². The lowest BCUT2D eigenvalue weighted by atomic mass is 10.0. The number of nitrogens with zero attached hydrogens (tertiary/aromatic N) is 2. The number of H-pyrrole nitrogens is 1. The summed E-state index contributed by atoms with van der Waals surface area (Å²) >= 11 is 0. The maximum absolute atomic E-state index is 12.7. The Morgan fingerprint density at radius 2 is 2.04 bits per heavy atom. The first-order chi connectivity index (χ1) is 12.2. The molecule has 0 aliphatic carbocycles. The molecule has 0 amide bonds. The summed E-state index contributed by atoms with van der Waals surface area (Å²) in [6.07, 6.45) is 1.60. The molecule has 0 atom stereocenters. The van der Waals surface area contributed by atoms with Crippen LogP contribution in [0.1, 0.15) is 27.4 Å². The number of carbonyl (C=O) groups is 1. The van der Waals surface area contributed by atoms with Crippen LogP contribution >= 0.6 is 0 Å². The Kier molecular flexibility index (Phi) is 3.78. The van der Waals surface area contributed by atoms with E-state index in [9.17, 15) is 4.79 Å². The van der Waals surface area contributed by atoms with Crippen LogP contribution in [0, 0.1) is 6.92 Å². The molecule has 0 aliphatic rings. The summed E-state index contributed by atoms with van der Waals surface area (Å²) in [5.41, 5.74) is 2.75. The van der Waals surface area contributed by atoms with Gasteiger partial charge < -0.3 is 9.15 Å². The maximum Gasteiger partial charge on any atom is 0.228 e. The predicted molar refractivity (Wildman–Crippen MR) is 91.5 cm³/mol. The zero-order valence-corrected chi connectivity index (χ0v) is 13.5. The van der Waals surface area contributed by atoms with E-state index in [1.807, 2.05) is 37.3 Å². The minimum absolute atomic E-state index is 0.126. The maximum atomic E-state index is 12.7. The lowest BCUT2D eigenvalue weighted by molar-refractivity contribution is 0.101. The fourth-order valence-electron chi connectivity index (χ4n) is 2.68. The van der Waals surface area contributed by atoms with E-state index in [1.54, 1.807) is 24.4 Å². The molecule has 2 heterocycles. The molecule has 0 fully saturated rings. The van der Waals surface area contributed by atoms with Gasteiger partial charge in [0.2, 0.25) is 5.78 Å². The molecular formula is C19H15N3O3. The fourth-order valence-corrected chi connectivity index (χ4v) is 2.68. The Labute approximate surface area is 143 Å². The molecule has 0 bridgehead atoms. The Bertz CT molecular complexity index is 1020. The highest BCUT2D eigenvalue weighted by Crippen LogP contribution is 2.30. The van der Waals surface area contributed by atoms with Gasteiger partial charge in [-0.3, -0.25) is 4.79 Å². The molecule has 6 nitrogen and oxygen atoms in total. The molecular weight excluding hydrogens is 318 g/mol.